The SMILES string of the molecule is Cc1cc(NC(=O)N2CCn3ncc(-c4ccc(F)cc4)c3C2)ccn1. The summed E-state index contributed by atoms with van der Waals surface area (Å²) in [5.41, 5.74) is 4.32. The van der Waals surface area contributed by atoms with E-state index in [1.807, 2.05) is 17.7 Å². The molecule has 1 aliphatic rings. The summed E-state index contributed by atoms with van der Waals surface area (Å²) in [7, 11) is 0. The van der Waals surface area contributed by atoms with Gasteiger partial charge >= 0.3 is 6.03 Å². The van der Waals surface area contributed by atoms with Crippen molar-refractivity contribution in [2.45, 2.75) is 20.0 Å². The minimum absolute atomic E-state index is 0.159. The Balaban J connectivity index is 1.54. The molecule has 3 aromatic rings. The molecule has 0 spiro atoms. The number of urea groups is 1. The van der Waals surface area contributed by atoms with Gasteiger partial charge in [0.1, 0.15) is 5.82 Å². The highest BCUT2D eigenvalue weighted by atomic mass is 19.1. The van der Waals surface area contributed by atoms with Gasteiger partial charge in [-0.1, -0.05) is 12.1 Å². The minimum atomic E-state index is -0.275. The Hall–Kier alpha value is -3.22. The quantitative estimate of drug-likeness (QED) is 0.769. The zero-order chi connectivity index (χ0) is 18.1. The highest BCUT2D eigenvalue weighted by Crippen LogP contribution is 2.27. The van der Waals surface area contributed by atoms with E-state index in [1.54, 1.807) is 35.5 Å². The van der Waals surface area contributed by atoms with E-state index < -0.39 is 0 Å². The maximum Gasteiger partial charge on any atom is 0.322 e. The first-order valence-corrected chi connectivity index (χ1v) is 8.39. The van der Waals surface area contributed by atoms with Crippen LogP contribution in [0.5, 0.6) is 0 Å². The number of halogens is 1. The summed E-state index contributed by atoms with van der Waals surface area (Å²) < 4.78 is 15.1. The number of carbonyl (C=O) groups is 1. The predicted molar refractivity (Wildman–Crippen MR) is 96.0 cm³/mol. The van der Waals surface area contributed by atoms with E-state index in [9.17, 15) is 9.18 Å². The fraction of sp³-hybridized carbons (Fsp3) is 0.211. The van der Waals surface area contributed by atoms with Gasteiger partial charge in [-0.3, -0.25) is 9.67 Å². The smallest absolute Gasteiger partial charge is 0.317 e. The second kappa shape index (κ2) is 6.59. The molecule has 1 aliphatic heterocycles. The molecule has 7 heteroatoms. The number of carbonyl (C=O) groups excluding carboxylic acids is 1. The van der Waals surface area contributed by atoms with Gasteiger partial charge in [-0.15, -0.1) is 0 Å². The predicted octanol–water partition coefficient (Wildman–Crippen LogP) is 3.44. The monoisotopic (exact) mass is 351 g/mol. The van der Waals surface area contributed by atoms with Gasteiger partial charge < -0.3 is 10.2 Å². The van der Waals surface area contributed by atoms with Crippen molar-refractivity contribution >= 4 is 11.7 Å². The lowest BCUT2D eigenvalue weighted by atomic mass is 10.1. The lowest BCUT2D eigenvalue weighted by molar-refractivity contribution is 0.194. The number of hydrogen-bond acceptors (Lipinski definition) is 3. The van der Waals surface area contributed by atoms with E-state index >= 15 is 0 Å². The highest BCUT2D eigenvalue weighted by molar-refractivity contribution is 5.89. The summed E-state index contributed by atoms with van der Waals surface area (Å²) in [5, 5.41) is 7.31. The molecule has 3 heterocycles. The van der Waals surface area contributed by atoms with Gasteiger partial charge in [-0.05, 0) is 36.8 Å². The normalized spacial score (nSPS) is 13.4. The molecule has 1 aromatic carbocycles. The Bertz CT molecular complexity index is 951. The van der Waals surface area contributed by atoms with Crippen LogP contribution in [0.3, 0.4) is 0 Å². The molecule has 1 N–H and O–H groups in total. The number of fused-ring (bicyclic) bond motifs is 1. The van der Waals surface area contributed by atoms with Gasteiger partial charge in [0, 0.05) is 29.7 Å². The third-order valence-corrected chi connectivity index (χ3v) is 4.46. The number of hydrogen-bond donors (Lipinski definition) is 1. The molecule has 2 amide bonds. The van der Waals surface area contributed by atoms with Gasteiger partial charge in [0.2, 0.25) is 0 Å². The maximum absolute atomic E-state index is 13.2. The molecule has 0 unspecified atom stereocenters. The number of aryl methyl sites for hydroxylation is 1. The Morgan fingerprint density at radius 2 is 2.00 bits per heavy atom. The lowest BCUT2D eigenvalue weighted by Gasteiger charge is -2.28. The van der Waals surface area contributed by atoms with Crippen LogP contribution in [-0.2, 0) is 13.1 Å². The van der Waals surface area contributed by atoms with Crippen LogP contribution in [0.4, 0.5) is 14.9 Å². The average Bonchev–Trinajstić information content (AvgIpc) is 3.05. The third-order valence-electron chi connectivity index (χ3n) is 4.46. The van der Waals surface area contributed by atoms with Crippen molar-refractivity contribution < 1.29 is 9.18 Å². The van der Waals surface area contributed by atoms with Crippen LogP contribution in [0, 0.1) is 12.7 Å². The lowest BCUT2D eigenvalue weighted by Crippen LogP contribution is -2.41. The number of amides is 2. The summed E-state index contributed by atoms with van der Waals surface area (Å²) in [4.78, 5) is 18.5. The molecule has 0 aliphatic carbocycles. The van der Waals surface area contributed by atoms with Crippen molar-refractivity contribution in [3.8, 4) is 11.1 Å². The molecular formula is C19H18FN5O. The number of nitrogens with one attached hydrogen (secondary N) is 1. The number of pyridine rings is 1. The van der Waals surface area contributed by atoms with E-state index in [-0.39, 0.29) is 11.8 Å². The maximum atomic E-state index is 13.2. The molecule has 0 radical (unpaired) electrons. The number of nitrogens with zero attached hydrogens (tertiary/aromatic N) is 4. The van der Waals surface area contributed by atoms with Crippen LogP contribution >= 0.6 is 0 Å². The first-order valence-electron chi connectivity index (χ1n) is 8.39. The van der Waals surface area contributed by atoms with E-state index in [2.05, 4.69) is 15.4 Å². The summed E-state index contributed by atoms with van der Waals surface area (Å²) in [5.74, 6) is -0.275. The standard InChI is InChI=1S/C19H18FN5O/c1-13-10-16(6-7-21-13)23-19(26)24-8-9-25-18(12-24)17(11-22-25)14-2-4-15(20)5-3-14/h2-7,10-11H,8-9,12H2,1H3,(H,21,23,26). The summed E-state index contributed by atoms with van der Waals surface area (Å²) in [6.07, 6.45) is 3.44. The summed E-state index contributed by atoms with van der Waals surface area (Å²) in [6, 6.07) is 9.75. The molecule has 0 fully saturated rings. The number of benzene rings is 1. The molecule has 0 atom stereocenters. The second-order valence-electron chi connectivity index (χ2n) is 6.27. The van der Waals surface area contributed by atoms with Crippen LogP contribution < -0.4 is 5.32 Å². The Morgan fingerprint density at radius 3 is 2.77 bits per heavy atom. The third kappa shape index (κ3) is 3.15. The Labute approximate surface area is 150 Å². The van der Waals surface area contributed by atoms with Crippen molar-refractivity contribution in [1.82, 2.24) is 19.7 Å². The van der Waals surface area contributed by atoms with E-state index in [1.165, 1.54) is 12.1 Å². The average molecular weight is 351 g/mol. The summed E-state index contributed by atoms with van der Waals surface area (Å²) >= 11 is 0. The molecule has 0 saturated heterocycles. The van der Waals surface area contributed by atoms with Gasteiger partial charge in [0.25, 0.3) is 0 Å². The number of aromatic nitrogens is 3. The van der Waals surface area contributed by atoms with Crippen LogP contribution in [0.2, 0.25) is 0 Å². The van der Waals surface area contributed by atoms with Gasteiger partial charge in [-0.2, -0.15) is 5.10 Å². The van der Waals surface area contributed by atoms with Gasteiger partial charge in [0.05, 0.1) is 25.0 Å². The molecule has 0 saturated carbocycles. The molecule has 0 bridgehead atoms. The van der Waals surface area contributed by atoms with Crippen molar-refractivity contribution in [3.05, 3.63) is 66.0 Å². The van der Waals surface area contributed by atoms with Crippen molar-refractivity contribution in [1.29, 1.82) is 0 Å². The zero-order valence-corrected chi connectivity index (χ0v) is 14.3. The molecule has 4 rings (SSSR count). The molecule has 6 nitrogen and oxygen atoms in total. The second-order valence-corrected chi connectivity index (χ2v) is 6.27. The van der Waals surface area contributed by atoms with Crippen molar-refractivity contribution in [2.24, 2.45) is 0 Å². The van der Waals surface area contributed by atoms with Crippen LogP contribution in [0.15, 0.2) is 48.8 Å². The van der Waals surface area contributed by atoms with Gasteiger partial charge in [0.15, 0.2) is 0 Å². The molecule has 26 heavy (non-hydrogen) atoms. The first kappa shape index (κ1) is 16.3. The van der Waals surface area contributed by atoms with Crippen LogP contribution in [-0.4, -0.2) is 32.2 Å². The number of rotatable bonds is 2. The fourth-order valence-corrected chi connectivity index (χ4v) is 3.12. The zero-order valence-electron chi connectivity index (χ0n) is 14.3. The Kier molecular flexibility index (Phi) is 4.12. The van der Waals surface area contributed by atoms with E-state index in [0.717, 1.165) is 28.2 Å². The fourth-order valence-electron chi connectivity index (χ4n) is 3.12. The Morgan fingerprint density at radius 1 is 1.19 bits per heavy atom. The first-order chi connectivity index (χ1) is 12.6. The topological polar surface area (TPSA) is 63.1 Å². The molecular weight excluding hydrogens is 333 g/mol. The van der Waals surface area contributed by atoms with Crippen molar-refractivity contribution in [3.63, 3.8) is 0 Å². The van der Waals surface area contributed by atoms with Crippen molar-refractivity contribution in [2.75, 3.05) is 11.9 Å². The summed E-state index contributed by atoms with van der Waals surface area (Å²) in [6.45, 7) is 3.53. The van der Waals surface area contributed by atoms with Gasteiger partial charge in [-0.25, -0.2) is 9.18 Å². The molecule has 132 valence electrons. The highest BCUT2D eigenvalue weighted by Gasteiger charge is 2.24. The van der Waals surface area contributed by atoms with E-state index in [0.29, 0.717) is 19.6 Å². The minimum Gasteiger partial charge on any atom is -0.317 e. The van der Waals surface area contributed by atoms with E-state index in [4.69, 9.17) is 0 Å². The van der Waals surface area contributed by atoms with Crippen LogP contribution in [0.25, 0.3) is 11.1 Å². The van der Waals surface area contributed by atoms with Crippen LogP contribution in [0.1, 0.15) is 11.4 Å². The molecule has 2 aromatic heterocycles. The largest absolute Gasteiger partial charge is 0.322 e. The number of anilines is 1.